The number of anilines is 1. The van der Waals surface area contributed by atoms with Gasteiger partial charge in [0.05, 0.1) is 17.7 Å². The number of nitrogens with zero attached hydrogens (tertiary/aromatic N) is 1. The highest BCUT2D eigenvalue weighted by molar-refractivity contribution is 7.16. The summed E-state index contributed by atoms with van der Waals surface area (Å²) in [7, 11) is 0. The number of rotatable bonds is 5. The first-order chi connectivity index (χ1) is 15.6. The predicted molar refractivity (Wildman–Crippen MR) is 121 cm³/mol. The molecule has 0 spiro atoms. The van der Waals surface area contributed by atoms with Crippen molar-refractivity contribution < 1.29 is 19.1 Å². The fourth-order valence-electron chi connectivity index (χ4n) is 4.07. The van der Waals surface area contributed by atoms with Gasteiger partial charge in [-0.2, -0.15) is 0 Å². The van der Waals surface area contributed by atoms with Gasteiger partial charge in [-0.1, -0.05) is 30.3 Å². The molecule has 2 aromatic carbocycles. The summed E-state index contributed by atoms with van der Waals surface area (Å²) in [4.78, 5) is 31.5. The number of hydrogen-bond acceptors (Lipinski definition) is 6. The van der Waals surface area contributed by atoms with Crippen LogP contribution in [0.3, 0.4) is 0 Å². The largest absolute Gasteiger partial charge is 0.454 e. The maximum atomic E-state index is 13.0. The van der Waals surface area contributed by atoms with Gasteiger partial charge in [0, 0.05) is 10.4 Å². The van der Waals surface area contributed by atoms with Crippen LogP contribution < -0.4 is 20.1 Å². The number of carbonyl (C=O) groups excluding carboxylic acids is 2. The monoisotopic (exact) mass is 449 g/mol. The summed E-state index contributed by atoms with van der Waals surface area (Å²) in [5.74, 6) is 0.580. The highest BCUT2D eigenvalue weighted by Crippen LogP contribution is 2.38. The van der Waals surface area contributed by atoms with Gasteiger partial charge < -0.3 is 14.8 Å². The lowest BCUT2D eigenvalue weighted by Gasteiger charge is -2.23. The average Bonchev–Trinajstić information content (AvgIpc) is 3.45. The highest BCUT2D eigenvalue weighted by Gasteiger charge is 2.31. The lowest BCUT2D eigenvalue weighted by atomic mass is 9.90. The molecule has 8 heteroatoms. The molecule has 2 amide bonds. The number of fused-ring (bicyclic) bond motifs is 2. The molecule has 1 aliphatic carbocycles. The Bertz CT molecular complexity index is 1160. The van der Waals surface area contributed by atoms with E-state index in [9.17, 15) is 9.59 Å². The zero-order chi connectivity index (χ0) is 22.1. The predicted octanol–water partition coefficient (Wildman–Crippen LogP) is 4.42. The molecule has 1 aliphatic heterocycles. The molecule has 0 unspecified atom stereocenters. The minimum atomic E-state index is -0.308. The number of thiazole rings is 1. The van der Waals surface area contributed by atoms with Crippen molar-refractivity contribution >= 4 is 28.3 Å². The van der Waals surface area contributed by atoms with Gasteiger partial charge in [-0.05, 0) is 49.9 Å². The molecular weight excluding hydrogens is 426 g/mol. The van der Waals surface area contributed by atoms with Crippen molar-refractivity contribution in [1.82, 2.24) is 10.3 Å². The van der Waals surface area contributed by atoms with Crippen LogP contribution in [-0.2, 0) is 11.2 Å². The Labute approximate surface area is 189 Å². The molecule has 7 nitrogen and oxygen atoms in total. The van der Waals surface area contributed by atoms with Gasteiger partial charge in [0.1, 0.15) is 0 Å². The third kappa shape index (κ3) is 4.05. The van der Waals surface area contributed by atoms with Crippen molar-refractivity contribution in [3.8, 4) is 11.5 Å². The van der Waals surface area contributed by atoms with Crippen LogP contribution in [0.2, 0.25) is 0 Å². The summed E-state index contributed by atoms with van der Waals surface area (Å²) in [6.07, 6.45) is 2.53. The Kier molecular flexibility index (Phi) is 5.53. The Balaban J connectivity index is 1.30. The molecule has 2 atom stereocenters. The Morgan fingerprint density at radius 3 is 2.78 bits per heavy atom. The van der Waals surface area contributed by atoms with Crippen LogP contribution in [0, 0.1) is 0 Å². The van der Waals surface area contributed by atoms with E-state index in [1.54, 1.807) is 18.2 Å². The van der Waals surface area contributed by atoms with E-state index in [2.05, 4.69) is 15.6 Å². The summed E-state index contributed by atoms with van der Waals surface area (Å²) < 4.78 is 10.6. The molecule has 3 aromatic rings. The SMILES string of the molecule is C[C@H](NC(=O)[C@H]1CCCc2sc(NC(=O)c3ccc4c(c3)OCO4)nc21)c1ccccc1. The third-order valence-corrected chi connectivity index (χ3v) is 6.83. The van der Waals surface area contributed by atoms with Crippen molar-refractivity contribution in [3.05, 3.63) is 70.2 Å². The zero-order valence-electron chi connectivity index (χ0n) is 17.6. The molecule has 2 heterocycles. The van der Waals surface area contributed by atoms with E-state index in [-0.39, 0.29) is 30.6 Å². The number of aryl methyl sites for hydroxylation is 1. The minimum absolute atomic E-state index is 0.0266. The molecule has 0 fully saturated rings. The smallest absolute Gasteiger partial charge is 0.257 e. The van der Waals surface area contributed by atoms with E-state index in [1.165, 1.54) is 11.3 Å². The van der Waals surface area contributed by atoms with Crippen LogP contribution in [0.4, 0.5) is 5.13 Å². The van der Waals surface area contributed by atoms with Gasteiger partial charge in [-0.3, -0.25) is 14.9 Å². The third-order valence-electron chi connectivity index (χ3n) is 5.78. The van der Waals surface area contributed by atoms with Crippen molar-refractivity contribution in [2.45, 2.75) is 38.1 Å². The van der Waals surface area contributed by atoms with E-state index >= 15 is 0 Å². The fraction of sp³-hybridized carbons (Fsp3) is 0.292. The Hall–Kier alpha value is -3.39. The number of amides is 2. The maximum Gasteiger partial charge on any atom is 0.257 e. The van der Waals surface area contributed by atoms with Crippen LogP contribution in [0.15, 0.2) is 48.5 Å². The Morgan fingerprint density at radius 1 is 1.12 bits per heavy atom. The lowest BCUT2D eigenvalue weighted by molar-refractivity contribution is -0.123. The topological polar surface area (TPSA) is 89.6 Å². The number of nitrogens with one attached hydrogen (secondary N) is 2. The minimum Gasteiger partial charge on any atom is -0.454 e. The van der Waals surface area contributed by atoms with Gasteiger partial charge in [-0.15, -0.1) is 11.3 Å². The Morgan fingerprint density at radius 2 is 1.94 bits per heavy atom. The van der Waals surface area contributed by atoms with Crippen LogP contribution in [0.25, 0.3) is 0 Å². The summed E-state index contributed by atoms with van der Waals surface area (Å²) in [6.45, 7) is 2.14. The number of hydrogen-bond donors (Lipinski definition) is 2. The summed E-state index contributed by atoms with van der Waals surface area (Å²) in [5, 5.41) is 6.50. The quantitative estimate of drug-likeness (QED) is 0.602. The fourth-order valence-corrected chi connectivity index (χ4v) is 5.13. The molecule has 5 rings (SSSR count). The first-order valence-electron chi connectivity index (χ1n) is 10.6. The van der Waals surface area contributed by atoms with E-state index < -0.39 is 0 Å². The van der Waals surface area contributed by atoms with Crippen LogP contribution in [0.1, 0.15) is 58.2 Å². The second-order valence-corrected chi connectivity index (χ2v) is 9.02. The first-order valence-corrected chi connectivity index (χ1v) is 11.5. The zero-order valence-corrected chi connectivity index (χ0v) is 18.4. The van der Waals surface area contributed by atoms with Gasteiger partial charge >= 0.3 is 0 Å². The van der Waals surface area contributed by atoms with Crippen molar-refractivity contribution in [2.75, 3.05) is 12.1 Å². The molecule has 0 bridgehead atoms. The number of aromatic nitrogens is 1. The average molecular weight is 450 g/mol. The number of benzene rings is 2. The van der Waals surface area contributed by atoms with Crippen LogP contribution in [0.5, 0.6) is 11.5 Å². The van der Waals surface area contributed by atoms with Gasteiger partial charge in [0.2, 0.25) is 12.7 Å². The van der Waals surface area contributed by atoms with E-state index in [4.69, 9.17) is 9.47 Å². The van der Waals surface area contributed by atoms with Crippen molar-refractivity contribution in [1.29, 1.82) is 0 Å². The molecule has 32 heavy (non-hydrogen) atoms. The van der Waals surface area contributed by atoms with Gasteiger partial charge in [0.25, 0.3) is 5.91 Å². The van der Waals surface area contributed by atoms with Crippen molar-refractivity contribution in [2.24, 2.45) is 0 Å². The van der Waals surface area contributed by atoms with Gasteiger partial charge in [0.15, 0.2) is 16.6 Å². The summed E-state index contributed by atoms with van der Waals surface area (Å²) in [5.41, 5.74) is 2.31. The molecule has 0 radical (unpaired) electrons. The summed E-state index contributed by atoms with van der Waals surface area (Å²) in [6, 6.07) is 14.9. The molecule has 0 saturated carbocycles. The molecule has 2 N–H and O–H groups in total. The number of ether oxygens (including phenoxy) is 2. The first kappa shape index (κ1) is 20.5. The highest BCUT2D eigenvalue weighted by atomic mass is 32.1. The molecule has 1 aromatic heterocycles. The van der Waals surface area contributed by atoms with E-state index in [0.717, 1.165) is 35.4 Å². The second kappa shape index (κ2) is 8.63. The second-order valence-electron chi connectivity index (χ2n) is 7.94. The summed E-state index contributed by atoms with van der Waals surface area (Å²) >= 11 is 1.44. The van der Waals surface area contributed by atoms with Crippen LogP contribution >= 0.6 is 11.3 Å². The van der Waals surface area contributed by atoms with Gasteiger partial charge in [-0.25, -0.2) is 4.98 Å². The number of carbonyl (C=O) groups is 2. The van der Waals surface area contributed by atoms with E-state index in [0.29, 0.717) is 22.2 Å². The normalized spacial score (nSPS) is 17.3. The molecule has 164 valence electrons. The van der Waals surface area contributed by atoms with Crippen LogP contribution in [-0.4, -0.2) is 23.6 Å². The van der Waals surface area contributed by atoms with Crippen molar-refractivity contribution in [3.63, 3.8) is 0 Å². The maximum absolute atomic E-state index is 13.0. The lowest BCUT2D eigenvalue weighted by Crippen LogP contribution is -2.33. The van der Waals surface area contributed by atoms with E-state index in [1.807, 2.05) is 37.3 Å². The molecular formula is C24H23N3O4S. The molecule has 2 aliphatic rings. The standard InChI is InChI=1S/C24H23N3O4S/c1-14(15-6-3-2-4-7-15)25-23(29)17-8-5-9-20-21(17)26-24(32-20)27-22(28)16-10-11-18-19(12-16)31-13-30-18/h2-4,6-7,10-12,14,17H,5,8-9,13H2,1H3,(H,25,29)(H,26,27,28)/t14-,17-/m0/s1. The molecule has 0 saturated heterocycles.